The minimum absolute atomic E-state index is 0.380. The van der Waals surface area contributed by atoms with E-state index in [0.29, 0.717) is 6.04 Å². The molecule has 3 nitrogen and oxygen atoms in total. The van der Waals surface area contributed by atoms with Gasteiger partial charge in [-0.05, 0) is 43.6 Å². The van der Waals surface area contributed by atoms with Gasteiger partial charge in [0.15, 0.2) is 0 Å². The van der Waals surface area contributed by atoms with Crippen molar-refractivity contribution in [2.24, 2.45) is 0 Å². The van der Waals surface area contributed by atoms with E-state index in [1.807, 2.05) is 6.07 Å². The lowest BCUT2D eigenvalue weighted by Crippen LogP contribution is -2.40. The largest absolute Gasteiger partial charge is 0.497 e. The number of methoxy groups -OCH3 is 1. The maximum absolute atomic E-state index is 5.37. The fourth-order valence-electron chi connectivity index (χ4n) is 3.43. The number of ether oxygens (including phenoxy) is 1. The van der Waals surface area contributed by atoms with Gasteiger partial charge in [-0.1, -0.05) is 38.8 Å². The zero-order valence-electron chi connectivity index (χ0n) is 13.8. The molecule has 0 saturated heterocycles. The van der Waals surface area contributed by atoms with Crippen molar-refractivity contribution in [3.05, 3.63) is 29.8 Å². The molecule has 1 fully saturated rings. The topological polar surface area (TPSA) is 24.5 Å². The van der Waals surface area contributed by atoms with Crippen LogP contribution >= 0.6 is 0 Å². The molecule has 0 aliphatic heterocycles. The number of rotatable bonds is 8. The number of hydrogen-bond acceptors (Lipinski definition) is 3. The van der Waals surface area contributed by atoms with E-state index in [2.05, 4.69) is 42.3 Å². The Hall–Kier alpha value is -1.06. The summed E-state index contributed by atoms with van der Waals surface area (Å²) in [5.74, 6) is 0.944. The standard InChI is InChI=1S/C18H30N2O/c1-4-19-18(15-9-8-12-17(13-15)21-3)14-20(5-2)16-10-6-7-11-16/h8-9,12-13,16,18-19H,4-7,10-11,14H2,1-3H3. The first kappa shape index (κ1) is 16.3. The summed E-state index contributed by atoms with van der Waals surface area (Å²) in [5.41, 5.74) is 1.33. The highest BCUT2D eigenvalue weighted by Gasteiger charge is 2.24. The Kier molecular flexibility index (Phi) is 6.52. The third-order valence-electron chi connectivity index (χ3n) is 4.61. The predicted octanol–water partition coefficient (Wildman–Crippen LogP) is 3.61. The van der Waals surface area contributed by atoms with Crippen LogP contribution in [-0.4, -0.2) is 37.7 Å². The average Bonchev–Trinajstić information content (AvgIpc) is 3.05. The van der Waals surface area contributed by atoms with Crippen molar-refractivity contribution in [2.75, 3.05) is 26.7 Å². The van der Waals surface area contributed by atoms with Gasteiger partial charge in [-0.3, -0.25) is 4.90 Å². The summed E-state index contributed by atoms with van der Waals surface area (Å²) in [5, 5.41) is 3.64. The smallest absolute Gasteiger partial charge is 0.119 e. The van der Waals surface area contributed by atoms with Gasteiger partial charge in [-0.15, -0.1) is 0 Å². The Morgan fingerprint density at radius 2 is 2.05 bits per heavy atom. The van der Waals surface area contributed by atoms with Crippen LogP contribution in [0.2, 0.25) is 0 Å². The highest BCUT2D eigenvalue weighted by Crippen LogP contribution is 2.26. The second-order valence-corrected chi connectivity index (χ2v) is 5.91. The van der Waals surface area contributed by atoms with Gasteiger partial charge in [0.2, 0.25) is 0 Å². The Morgan fingerprint density at radius 3 is 2.67 bits per heavy atom. The van der Waals surface area contributed by atoms with Gasteiger partial charge in [0.05, 0.1) is 7.11 Å². The fraction of sp³-hybridized carbons (Fsp3) is 0.667. The molecule has 1 N–H and O–H groups in total. The van der Waals surface area contributed by atoms with Crippen LogP contribution in [0.5, 0.6) is 5.75 Å². The summed E-state index contributed by atoms with van der Waals surface area (Å²) in [6.07, 6.45) is 5.52. The molecule has 0 spiro atoms. The van der Waals surface area contributed by atoms with Crippen molar-refractivity contribution in [1.29, 1.82) is 0 Å². The van der Waals surface area contributed by atoms with Crippen LogP contribution in [0.25, 0.3) is 0 Å². The summed E-state index contributed by atoms with van der Waals surface area (Å²) in [7, 11) is 1.73. The van der Waals surface area contributed by atoms with Crippen molar-refractivity contribution in [3.8, 4) is 5.75 Å². The van der Waals surface area contributed by atoms with Gasteiger partial charge >= 0.3 is 0 Å². The van der Waals surface area contributed by atoms with Crippen LogP contribution in [0.4, 0.5) is 0 Å². The number of hydrogen-bond donors (Lipinski definition) is 1. The third-order valence-corrected chi connectivity index (χ3v) is 4.61. The minimum Gasteiger partial charge on any atom is -0.497 e. The lowest BCUT2D eigenvalue weighted by atomic mass is 10.0. The molecule has 2 rings (SSSR count). The van der Waals surface area contributed by atoms with Gasteiger partial charge in [0.1, 0.15) is 5.75 Å². The molecule has 118 valence electrons. The van der Waals surface area contributed by atoms with E-state index >= 15 is 0 Å². The molecule has 21 heavy (non-hydrogen) atoms. The van der Waals surface area contributed by atoms with E-state index in [-0.39, 0.29) is 0 Å². The molecular formula is C18H30N2O. The monoisotopic (exact) mass is 290 g/mol. The van der Waals surface area contributed by atoms with Gasteiger partial charge in [0, 0.05) is 18.6 Å². The average molecular weight is 290 g/mol. The Morgan fingerprint density at radius 1 is 1.29 bits per heavy atom. The van der Waals surface area contributed by atoms with Gasteiger partial charge in [-0.2, -0.15) is 0 Å². The molecule has 1 saturated carbocycles. The fourth-order valence-corrected chi connectivity index (χ4v) is 3.43. The number of nitrogens with zero attached hydrogens (tertiary/aromatic N) is 1. The van der Waals surface area contributed by atoms with Crippen LogP contribution < -0.4 is 10.1 Å². The molecule has 1 unspecified atom stereocenters. The summed E-state index contributed by atoms with van der Waals surface area (Å²) < 4.78 is 5.37. The first-order chi connectivity index (χ1) is 10.3. The second kappa shape index (κ2) is 8.40. The zero-order valence-corrected chi connectivity index (χ0v) is 13.8. The molecule has 1 atom stereocenters. The minimum atomic E-state index is 0.380. The Bertz CT molecular complexity index is 415. The van der Waals surface area contributed by atoms with Crippen LogP contribution in [0.15, 0.2) is 24.3 Å². The molecular weight excluding hydrogens is 260 g/mol. The quantitative estimate of drug-likeness (QED) is 0.791. The van der Waals surface area contributed by atoms with E-state index in [1.54, 1.807) is 7.11 Å². The molecule has 3 heteroatoms. The first-order valence-corrected chi connectivity index (χ1v) is 8.39. The SMILES string of the molecule is CCNC(CN(CC)C1CCCC1)c1cccc(OC)c1. The zero-order chi connectivity index (χ0) is 15.1. The molecule has 0 aromatic heterocycles. The third kappa shape index (κ3) is 4.45. The van der Waals surface area contributed by atoms with E-state index in [4.69, 9.17) is 4.74 Å². The van der Waals surface area contributed by atoms with Crippen molar-refractivity contribution in [2.45, 2.75) is 51.6 Å². The van der Waals surface area contributed by atoms with Crippen LogP contribution in [0.3, 0.4) is 0 Å². The maximum Gasteiger partial charge on any atom is 0.119 e. The summed E-state index contributed by atoms with van der Waals surface area (Å²) in [6, 6.07) is 9.63. The van der Waals surface area contributed by atoms with E-state index in [9.17, 15) is 0 Å². The second-order valence-electron chi connectivity index (χ2n) is 5.91. The van der Waals surface area contributed by atoms with Crippen molar-refractivity contribution >= 4 is 0 Å². The van der Waals surface area contributed by atoms with Crippen molar-refractivity contribution in [1.82, 2.24) is 10.2 Å². The van der Waals surface area contributed by atoms with Crippen LogP contribution in [0.1, 0.15) is 51.1 Å². The molecule has 1 aliphatic rings. The van der Waals surface area contributed by atoms with Crippen LogP contribution in [0, 0.1) is 0 Å². The Labute approximate surface area is 129 Å². The molecule has 1 aliphatic carbocycles. The normalized spacial score (nSPS) is 17.3. The molecule has 0 bridgehead atoms. The first-order valence-electron chi connectivity index (χ1n) is 8.39. The number of nitrogens with one attached hydrogen (secondary N) is 1. The highest BCUT2D eigenvalue weighted by molar-refractivity contribution is 5.30. The van der Waals surface area contributed by atoms with E-state index in [1.165, 1.54) is 31.2 Å². The maximum atomic E-state index is 5.37. The summed E-state index contributed by atoms with van der Waals surface area (Å²) in [4.78, 5) is 2.65. The summed E-state index contributed by atoms with van der Waals surface area (Å²) in [6.45, 7) is 7.68. The lowest BCUT2D eigenvalue weighted by Gasteiger charge is -2.32. The number of benzene rings is 1. The van der Waals surface area contributed by atoms with E-state index in [0.717, 1.165) is 31.4 Å². The summed E-state index contributed by atoms with van der Waals surface area (Å²) >= 11 is 0. The number of likely N-dealkylation sites (N-methyl/N-ethyl adjacent to an activating group) is 2. The highest BCUT2D eigenvalue weighted by atomic mass is 16.5. The van der Waals surface area contributed by atoms with Gasteiger partial charge in [0.25, 0.3) is 0 Å². The molecule has 0 amide bonds. The Balaban J connectivity index is 2.09. The molecule has 0 heterocycles. The van der Waals surface area contributed by atoms with E-state index < -0.39 is 0 Å². The lowest BCUT2D eigenvalue weighted by molar-refractivity contribution is 0.187. The van der Waals surface area contributed by atoms with Crippen LogP contribution in [-0.2, 0) is 0 Å². The van der Waals surface area contributed by atoms with Crippen molar-refractivity contribution in [3.63, 3.8) is 0 Å². The molecule has 1 aromatic rings. The van der Waals surface area contributed by atoms with Crippen molar-refractivity contribution < 1.29 is 4.74 Å². The van der Waals surface area contributed by atoms with Gasteiger partial charge in [-0.25, -0.2) is 0 Å². The predicted molar refractivity (Wildman–Crippen MR) is 88.9 cm³/mol. The van der Waals surface area contributed by atoms with Gasteiger partial charge < -0.3 is 10.1 Å². The molecule has 0 radical (unpaired) electrons. The molecule has 1 aromatic carbocycles.